The number of hydrogen-bond acceptors (Lipinski definition) is 4. The Labute approximate surface area is 135 Å². The maximum absolute atomic E-state index is 8.67. The van der Waals surface area contributed by atoms with Crippen LogP contribution in [0.3, 0.4) is 0 Å². The topological polar surface area (TPSA) is 70.6 Å². The number of nitrogens with zero attached hydrogens (tertiary/aromatic N) is 1. The predicted molar refractivity (Wildman–Crippen MR) is 90.4 cm³/mol. The number of rotatable bonds is 6. The summed E-state index contributed by atoms with van der Waals surface area (Å²) in [7, 11) is 0. The van der Waals surface area contributed by atoms with Crippen molar-refractivity contribution in [3.05, 3.63) is 34.3 Å². The summed E-state index contributed by atoms with van der Waals surface area (Å²) in [6.45, 7) is 1.74. The summed E-state index contributed by atoms with van der Waals surface area (Å²) in [6.07, 6.45) is 7.44. The molecule has 21 heavy (non-hydrogen) atoms. The van der Waals surface area contributed by atoms with Crippen LogP contribution in [0.4, 0.5) is 0 Å². The smallest absolute Gasteiger partial charge is 0.170 e. The van der Waals surface area contributed by atoms with Gasteiger partial charge in [0.05, 0.1) is 0 Å². The Morgan fingerprint density at radius 2 is 2.19 bits per heavy atom. The molecular weight excluding hydrogens is 306 g/mol. The van der Waals surface area contributed by atoms with Crippen molar-refractivity contribution in [3.8, 4) is 0 Å². The van der Waals surface area contributed by atoms with Crippen LogP contribution in [0.1, 0.15) is 36.8 Å². The second-order valence-corrected chi connectivity index (χ2v) is 7.17. The average molecular weight is 328 g/mol. The molecule has 0 aliphatic heterocycles. The van der Waals surface area contributed by atoms with Crippen LogP contribution in [0, 0.1) is 0 Å². The molecule has 1 aliphatic rings. The Balaban J connectivity index is 1.94. The molecule has 0 spiro atoms. The SMILES string of the molecule is CSC1(CNCc2ccc(/C(N)=N/O)cc2Cl)CCCC1. The zero-order valence-electron chi connectivity index (χ0n) is 12.2. The minimum Gasteiger partial charge on any atom is -0.409 e. The van der Waals surface area contributed by atoms with E-state index in [0.717, 1.165) is 18.7 Å². The highest BCUT2D eigenvalue weighted by Gasteiger charge is 2.32. The monoisotopic (exact) mass is 327 g/mol. The number of nitrogens with two attached hydrogens (primary N) is 1. The zero-order valence-corrected chi connectivity index (χ0v) is 13.8. The third-order valence-corrected chi connectivity index (χ3v) is 5.94. The van der Waals surface area contributed by atoms with Gasteiger partial charge >= 0.3 is 0 Å². The van der Waals surface area contributed by atoms with Crippen LogP contribution in [0.5, 0.6) is 0 Å². The summed E-state index contributed by atoms with van der Waals surface area (Å²) >= 11 is 8.23. The van der Waals surface area contributed by atoms with Crippen molar-refractivity contribution < 1.29 is 5.21 Å². The molecule has 4 N–H and O–H groups in total. The van der Waals surface area contributed by atoms with Gasteiger partial charge in [0, 0.05) is 28.4 Å². The van der Waals surface area contributed by atoms with Gasteiger partial charge < -0.3 is 16.3 Å². The Kier molecular flexibility index (Phi) is 5.79. The fourth-order valence-corrected chi connectivity index (χ4v) is 4.00. The third-order valence-electron chi connectivity index (χ3n) is 4.17. The van der Waals surface area contributed by atoms with E-state index in [-0.39, 0.29) is 5.84 Å². The first-order valence-corrected chi connectivity index (χ1v) is 8.73. The van der Waals surface area contributed by atoms with Gasteiger partial charge in [0.2, 0.25) is 0 Å². The first-order valence-electron chi connectivity index (χ1n) is 7.12. The summed E-state index contributed by atoms with van der Waals surface area (Å²) in [4.78, 5) is 0. The van der Waals surface area contributed by atoms with Gasteiger partial charge in [-0.05, 0) is 30.7 Å². The van der Waals surface area contributed by atoms with Gasteiger partial charge in [-0.2, -0.15) is 11.8 Å². The highest BCUT2D eigenvalue weighted by molar-refractivity contribution is 8.00. The van der Waals surface area contributed by atoms with Crippen LogP contribution in [0.2, 0.25) is 5.02 Å². The lowest BCUT2D eigenvalue weighted by Crippen LogP contribution is -2.34. The second kappa shape index (κ2) is 7.38. The van der Waals surface area contributed by atoms with Crippen molar-refractivity contribution in [2.45, 2.75) is 37.0 Å². The van der Waals surface area contributed by atoms with Crippen molar-refractivity contribution in [1.82, 2.24) is 5.32 Å². The molecule has 0 atom stereocenters. The Hall–Kier alpha value is -0.910. The molecule has 0 aromatic heterocycles. The molecule has 1 aromatic rings. The molecule has 116 valence electrons. The number of halogens is 1. The number of thioether (sulfide) groups is 1. The van der Waals surface area contributed by atoms with Crippen LogP contribution >= 0.6 is 23.4 Å². The molecule has 0 radical (unpaired) electrons. The van der Waals surface area contributed by atoms with Crippen LogP contribution in [-0.2, 0) is 6.54 Å². The summed E-state index contributed by atoms with van der Waals surface area (Å²) in [6, 6.07) is 5.47. The van der Waals surface area contributed by atoms with Gasteiger partial charge in [-0.15, -0.1) is 0 Å². The number of amidine groups is 1. The fraction of sp³-hybridized carbons (Fsp3) is 0.533. The minimum atomic E-state index is 0.0729. The number of oxime groups is 1. The molecule has 1 aliphatic carbocycles. The van der Waals surface area contributed by atoms with Gasteiger partial charge in [0.1, 0.15) is 0 Å². The average Bonchev–Trinajstić information content (AvgIpc) is 2.97. The summed E-state index contributed by atoms with van der Waals surface area (Å²) in [5.41, 5.74) is 7.21. The maximum Gasteiger partial charge on any atom is 0.170 e. The molecule has 6 heteroatoms. The van der Waals surface area contributed by atoms with E-state index in [1.165, 1.54) is 25.7 Å². The molecule has 0 amide bonds. The van der Waals surface area contributed by atoms with Gasteiger partial charge in [-0.25, -0.2) is 0 Å². The Morgan fingerprint density at radius 3 is 2.76 bits per heavy atom. The predicted octanol–water partition coefficient (Wildman–Crippen LogP) is 3.20. The molecule has 1 saturated carbocycles. The second-order valence-electron chi connectivity index (χ2n) is 5.49. The van der Waals surface area contributed by atoms with Crippen molar-refractivity contribution in [2.75, 3.05) is 12.8 Å². The van der Waals surface area contributed by atoms with Crippen LogP contribution in [0.15, 0.2) is 23.4 Å². The van der Waals surface area contributed by atoms with E-state index in [4.69, 9.17) is 22.5 Å². The highest BCUT2D eigenvalue weighted by Crippen LogP contribution is 2.39. The Morgan fingerprint density at radius 1 is 1.48 bits per heavy atom. The van der Waals surface area contributed by atoms with E-state index in [0.29, 0.717) is 15.3 Å². The lowest BCUT2D eigenvalue weighted by Gasteiger charge is -2.27. The van der Waals surface area contributed by atoms with Crippen LogP contribution < -0.4 is 11.1 Å². The van der Waals surface area contributed by atoms with E-state index >= 15 is 0 Å². The molecular formula is C15H22ClN3OS. The summed E-state index contributed by atoms with van der Waals surface area (Å²) in [5.74, 6) is 0.0729. The zero-order chi connectivity index (χ0) is 15.3. The molecule has 2 rings (SSSR count). The first-order chi connectivity index (χ1) is 10.1. The molecule has 0 heterocycles. The van der Waals surface area contributed by atoms with E-state index in [1.807, 2.05) is 23.9 Å². The molecule has 0 bridgehead atoms. The van der Waals surface area contributed by atoms with Crippen LogP contribution in [-0.4, -0.2) is 28.6 Å². The lowest BCUT2D eigenvalue weighted by molar-refractivity contribution is 0.318. The lowest BCUT2D eigenvalue weighted by atomic mass is 10.1. The van der Waals surface area contributed by atoms with Crippen molar-refractivity contribution in [2.24, 2.45) is 10.9 Å². The summed E-state index contributed by atoms with van der Waals surface area (Å²) < 4.78 is 0.389. The van der Waals surface area contributed by atoms with E-state index in [2.05, 4.69) is 16.7 Å². The Bertz CT molecular complexity index is 516. The van der Waals surface area contributed by atoms with E-state index < -0.39 is 0 Å². The molecule has 1 aromatic carbocycles. The van der Waals surface area contributed by atoms with Gasteiger partial charge in [0.25, 0.3) is 0 Å². The minimum absolute atomic E-state index is 0.0729. The number of nitrogens with one attached hydrogen (secondary N) is 1. The largest absolute Gasteiger partial charge is 0.409 e. The van der Waals surface area contributed by atoms with Gasteiger partial charge in [0.15, 0.2) is 5.84 Å². The van der Waals surface area contributed by atoms with Crippen molar-refractivity contribution in [3.63, 3.8) is 0 Å². The van der Waals surface area contributed by atoms with Crippen LogP contribution in [0.25, 0.3) is 0 Å². The third kappa shape index (κ3) is 4.05. The van der Waals surface area contributed by atoms with Gasteiger partial charge in [-0.3, -0.25) is 0 Å². The fourth-order valence-electron chi connectivity index (χ4n) is 2.81. The van der Waals surface area contributed by atoms with Crippen molar-refractivity contribution in [1.29, 1.82) is 0 Å². The molecule has 1 fully saturated rings. The first kappa shape index (κ1) is 16.5. The number of benzene rings is 1. The summed E-state index contributed by atoms with van der Waals surface area (Å²) in [5, 5.41) is 15.8. The molecule has 0 unspecified atom stereocenters. The van der Waals surface area contributed by atoms with Gasteiger partial charge in [-0.1, -0.05) is 41.7 Å². The van der Waals surface area contributed by atoms with E-state index in [1.54, 1.807) is 6.07 Å². The standard InChI is InChI=1S/C15H22ClN3OS/c1-21-15(6-2-3-7-15)10-18-9-12-5-4-11(8-13(12)16)14(17)19-20/h4-5,8,18,20H,2-3,6-7,9-10H2,1H3,(H2,17,19). The van der Waals surface area contributed by atoms with E-state index in [9.17, 15) is 0 Å². The quantitative estimate of drug-likeness (QED) is 0.325. The number of hydrogen-bond donors (Lipinski definition) is 3. The highest BCUT2D eigenvalue weighted by atomic mass is 35.5. The normalized spacial score (nSPS) is 18.1. The molecule has 0 saturated heterocycles. The van der Waals surface area contributed by atoms with Crippen molar-refractivity contribution >= 4 is 29.2 Å². The molecule has 4 nitrogen and oxygen atoms in total. The maximum atomic E-state index is 8.67.